The largest absolute Gasteiger partial charge is 0.462 e. The van der Waals surface area contributed by atoms with Gasteiger partial charge in [0.25, 0.3) is 5.56 Å². The molecule has 0 unspecified atom stereocenters. The van der Waals surface area contributed by atoms with Gasteiger partial charge >= 0.3 is 5.97 Å². The summed E-state index contributed by atoms with van der Waals surface area (Å²) in [6, 6.07) is 4.19. The number of fused-ring (bicyclic) bond motifs is 3. The Bertz CT molecular complexity index is 1380. The SMILES string of the molecule is CCCOC(=O)c1c[nH]c2c(=O)[nH]c3ccc(S(=O)(=O)N(C[C@@H]4CCCN4Cl)C(C)C)cc3c12. The second-order valence-electron chi connectivity index (χ2n) is 8.84. The number of ether oxygens (including phenoxy) is 1. The average molecular weight is 509 g/mol. The summed E-state index contributed by atoms with van der Waals surface area (Å²) in [5.41, 5.74) is 0.410. The molecule has 0 amide bonds. The van der Waals surface area contributed by atoms with Crippen molar-refractivity contribution in [2.75, 3.05) is 19.7 Å². The third kappa shape index (κ3) is 4.47. The van der Waals surface area contributed by atoms with Gasteiger partial charge in [0, 0.05) is 47.7 Å². The minimum Gasteiger partial charge on any atom is -0.462 e. The van der Waals surface area contributed by atoms with E-state index >= 15 is 0 Å². The van der Waals surface area contributed by atoms with Gasteiger partial charge in [0.15, 0.2) is 0 Å². The fourth-order valence-electron chi connectivity index (χ4n) is 4.41. The van der Waals surface area contributed by atoms with Gasteiger partial charge in [-0.2, -0.15) is 4.31 Å². The lowest BCUT2D eigenvalue weighted by molar-refractivity contribution is 0.0507. The zero-order valence-electron chi connectivity index (χ0n) is 19.4. The standard InChI is InChI=1S/C23H29ClN4O5S/c1-4-10-33-23(30)18-12-25-21-20(18)17-11-16(7-8-19(17)26-22(21)29)34(31,32)28(14(2)3)13-15-6-5-9-27(15)24/h7-8,11-12,14-15,25H,4-6,9-10,13H2,1-3H3,(H,26,29)/t15-/m0/s1. The summed E-state index contributed by atoms with van der Waals surface area (Å²) in [5.74, 6) is -0.569. The van der Waals surface area contributed by atoms with Crippen molar-refractivity contribution in [1.29, 1.82) is 0 Å². The first-order chi connectivity index (χ1) is 16.1. The molecule has 0 saturated carbocycles. The number of benzene rings is 1. The number of aromatic nitrogens is 2. The van der Waals surface area contributed by atoms with E-state index in [1.54, 1.807) is 10.5 Å². The predicted molar refractivity (Wildman–Crippen MR) is 132 cm³/mol. The monoisotopic (exact) mass is 508 g/mol. The molecule has 3 heterocycles. The van der Waals surface area contributed by atoms with E-state index in [-0.39, 0.29) is 41.2 Å². The van der Waals surface area contributed by atoms with E-state index < -0.39 is 21.6 Å². The van der Waals surface area contributed by atoms with Crippen LogP contribution in [-0.2, 0) is 14.8 Å². The average Bonchev–Trinajstić information content (AvgIpc) is 3.42. The van der Waals surface area contributed by atoms with Crippen LogP contribution in [0.15, 0.2) is 34.1 Å². The molecule has 0 aliphatic carbocycles. The van der Waals surface area contributed by atoms with Gasteiger partial charge in [0.1, 0.15) is 5.52 Å². The molecule has 11 heteroatoms. The van der Waals surface area contributed by atoms with Crippen LogP contribution in [0, 0.1) is 0 Å². The van der Waals surface area contributed by atoms with E-state index in [2.05, 4.69) is 9.97 Å². The number of H-pyrrole nitrogens is 2. The molecule has 4 rings (SSSR count). The number of nitrogens with one attached hydrogen (secondary N) is 2. The Hall–Kier alpha value is -2.40. The first-order valence-corrected chi connectivity index (χ1v) is 13.2. The zero-order valence-corrected chi connectivity index (χ0v) is 21.0. The summed E-state index contributed by atoms with van der Waals surface area (Å²) < 4.78 is 35.8. The molecule has 184 valence electrons. The van der Waals surface area contributed by atoms with Gasteiger partial charge in [-0.1, -0.05) is 6.92 Å². The molecule has 1 aliphatic rings. The lowest BCUT2D eigenvalue weighted by atomic mass is 10.1. The van der Waals surface area contributed by atoms with E-state index in [4.69, 9.17) is 16.5 Å². The molecule has 0 radical (unpaired) electrons. The maximum atomic E-state index is 13.7. The maximum Gasteiger partial charge on any atom is 0.340 e. The van der Waals surface area contributed by atoms with Crippen molar-refractivity contribution >= 4 is 49.6 Å². The fraction of sp³-hybridized carbons (Fsp3) is 0.478. The molecule has 1 aliphatic heterocycles. The maximum absolute atomic E-state index is 13.7. The Kier molecular flexibility index (Phi) is 7.04. The van der Waals surface area contributed by atoms with Gasteiger partial charge in [0.2, 0.25) is 10.0 Å². The molecule has 2 N–H and O–H groups in total. The Morgan fingerprint density at radius 2 is 2.12 bits per heavy atom. The van der Waals surface area contributed by atoms with Crippen LogP contribution in [0.5, 0.6) is 0 Å². The predicted octanol–water partition coefficient (Wildman–Crippen LogP) is 3.59. The number of sulfonamides is 1. The molecule has 1 aromatic carbocycles. The number of aromatic amines is 2. The van der Waals surface area contributed by atoms with Gasteiger partial charge in [-0.3, -0.25) is 4.79 Å². The van der Waals surface area contributed by atoms with Crippen molar-refractivity contribution in [2.45, 2.75) is 57.0 Å². The smallest absolute Gasteiger partial charge is 0.340 e. The summed E-state index contributed by atoms with van der Waals surface area (Å²) in [7, 11) is -3.88. The van der Waals surface area contributed by atoms with Crippen molar-refractivity contribution < 1.29 is 17.9 Å². The molecule has 0 spiro atoms. The molecular formula is C23H29ClN4O5S. The topological polar surface area (TPSA) is 116 Å². The van der Waals surface area contributed by atoms with E-state index in [0.717, 1.165) is 19.4 Å². The number of halogens is 1. The lowest BCUT2D eigenvalue weighted by Gasteiger charge is -2.30. The normalized spacial score (nSPS) is 17.4. The van der Waals surface area contributed by atoms with Crippen LogP contribution in [-0.4, -0.2) is 64.9 Å². The molecule has 1 saturated heterocycles. The summed E-state index contributed by atoms with van der Waals surface area (Å²) in [4.78, 5) is 30.9. The third-order valence-electron chi connectivity index (χ3n) is 6.15. The van der Waals surface area contributed by atoms with Crippen LogP contribution in [0.2, 0.25) is 0 Å². The summed E-state index contributed by atoms with van der Waals surface area (Å²) in [6.45, 7) is 6.79. The number of hydrogen-bond donors (Lipinski definition) is 2. The molecule has 1 fully saturated rings. The van der Waals surface area contributed by atoms with Crippen molar-refractivity contribution in [2.24, 2.45) is 0 Å². The second kappa shape index (κ2) is 9.69. The highest BCUT2D eigenvalue weighted by molar-refractivity contribution is 7.89. The Morgan fingerprint density at radius 3 is 2.76 bits per heavy atom. The molecule has 2 aromatic heterocycles. The zero-order chi connectivity index (χ0) is 24.6. The number of esters is 1. The summed E-state index contributed by atoms with van der Waals surface area (Å²) in [5, 5.41) is 0.791. The first kappa shape index (κ1) is 24.7. The van der Waals surface area contributed by atoms with Crippen LogP contribution in [0.25, 0.3) is 21.8 Å². The van der Waals surface area contributed by atoms with E-state index in [1.807, 2.05) is 20.8 Å². The van der Waals surface area contributed by atoms with E-state index in [0.29, 0.717) is 22.7 Å². The number of hydrogen-bond acceptors (Lipinski definition) is 6. The molecule has 1 atom stereocenters. The van der Waals surface area contributed by atoms with Crippen LogP contribution < -0.4 is 5.56 Å². The van der Waals surface area contributed by atoms with Crippen molar-refractivity contribution in [3.63, 3.8) is 0 Å². The van der Waals surface area contributed by atoms with Crippen LogP contribution >= 0.6 is 11.8 Å². The number of nitrogens with zero attached hydrogens (tertiary/aromatic N) is 2. The van der Waals surface area contributed by atoms with Crippen molar-refractivity contribution in [3.8, 4) is 0 Å². The minimum atomic E-state index is -3.88. The molecule has 3 aromatic rings. The minimum absolute atomic E-state index is 0.0630. The molecular weight excluding hydrogens is 480 g/mol. The number of pyridine rings is 1. The van der Waals surface area contributed by atoms with Crippen molar-refractivity contribution in [3.05, 3.63) is 40.3 Å². The lowest BCUT2D eigenvalue weighted by Crippen LogP contribution is -2.44. The van der Waals surface area contributed by atoms with E-state index in [9.17, 15) is 18.0 Å². The van der Waals surface area contributed by atoms with Gasteiger partial charge < -0.3 is 14.7 Å². The van der Waals surface area contributed by atoms with Crippen molar-refractivity contribution in [1.82, 2.24) is 18.7 Å². The Labute approximate surface area is 203 Å². The van der Waals surface area contributed by atoms with Crippen LogP contribution in [0.1, 0.15) is 50.4 Å². The van der Waals surface area contributed by atoms with Crippen LogP contribution in [0.4, 0.5) is 0 Å². The molecule has 34 heavy (non-hydrogen) atoms. The van der Waals surface area contributed by atoms with Gasteiger partial charge in [-0.15, -0.1) is 0 Å². The van der Waals surface area contributed by atoms with Gasteiger partial charge in [0.05, 0.1) is 17.1 Å². The quantitative estimate of drug-likeness (QED) is 0.355. The highest BCUT2D eigenvalue weighted by atomic mass is 35.5. The number of carbonyl (C=O) groups is 1. The first-order valence-electron chi connectivity index (χ1n) is 11.4. The Morgan fingerprint density at radius 1 is 1.35 bits per heavy atom. The summed E-state index contributed by atoms with van der Waals surface area (Å²) in [6.07, 6.45) is 3.83. The van der Waals surface area contributed by atoms with Gasteiger partial charge in [-0.25, -0.2) is 17.6 Å². The number of carbonyl (C=O) groups excluding carboxylic acids is 1. The second-order valence-corrected chi connectivity index (χ2v) is 11.2. The van der Waals surface area contributed by atoms with Crippen LogP contribution in [0.3, 0.4) is 0 Å². The van der Waals surface area contributed by atoms with Gasteiger partial charge in [-0.05, 0) is 63.1 Å². The summed E-state index contributed by atoms with van der Waals surface area (Å²) >= 11 is 6.28. The molecule has 0 bridgehead atoms. The Balaban J connectivity index is 1.83. The highest BCUT2D eigenvalue weighted by Gasteiger charge is 2.33. The fourth-order valence-corrected chi connectivity index (χ4v) is 6.39. The molecule has 9 nitrogen and oxygen atoms in total. The van der Waals surface area contributed by atoms with E-state index in [1.165, 1.54) is 22.6 Å². The third-order valence-corrected chi connectivity index (χ3v) is 8.63. The number of rotatable bonds is 8. The highest BCUT2D eigenvalue weighted by Crippen LogP contribution is 2.30.